The quantitative estimate of drug-likeness (QED) is 0.405. The van der Waals surface area contributed by atoms with Gasteiger partial charge in [0.1, 0.15) is 5.60 Å². The van der Waals surface area contributed by atoms with Crippen molar-refractivity contribution in [1.82, 2.24) is 0 Å². The molecule has 0 saturated heterocycles. The molecule has 0 spiro atoms. The number of hydrogen-bond donors (Lipinski definition) is 3. The van der Waals surface area contributed by atoms with E-state index in [0.29, 0.717) is 0 Å². The maximum absolute atomic E-state index is 10.2. The van der Waals surface area contributed by atoms with Crippen LogP contribution in [0.3, 0.4) is 0 Å². The van der Waals surface area contributed by atoms with Crippen molar-refractivity contribution in [3.8, 4) is 0 Å². The van der Waals surface area contributed by atoms with Crippen LogP contribution in [0.4, 0.5) is 0 Å². The highest BCUT2D eigenvalue weighted by atomic mass is 16.4. The molecule has 0 amide bonds. The number of aliphatic hydroxyl groups is 1. The van der Waals surface area contributed by atoms with Crippen molar-refractivity contribution < 1.29 is 39.3 Å². The van der Waals surface area contributed by atoms with E-state index in [4.69, 9.17) is 15.3 Å². The Morgan fingerprint density at radius 3 is 1.19 bits per heavy atom. The SMILES string of the molecule is CCC[N+](CCC)(CCC)CCC.O=C(O)CC(O)(CC(=O)O)C(=O)[O-]. The predicted molar refractivity (Wildman–Crippen MR) is 95.4 cm³/mol. The fraction of sp³-hybridized carbons (Fsp3) is 0.833. The van der Waals surface area contributed by atoms with Crippen LogP contribution in [-0.2, 0) is 14.4 Å². The van der Waals surface area contributed by atoms with Crippen LogP contribution in [0.25, 0.3) is 0 Å². The van der Waals surface area contributed by atoms with Gasteiger partial charge in [0, 0.05) is 0 Å². The average Bonchev–Trinajstić information content (AvgIpc) is 2.47. The number of aliphatic carboxylic acids is 3. The zero-order chi connectivity index (χ0) is 20.8. The standard InChI is InChI=1S/C12H28N.C6H8O7/c1-5-9-13(10-6-2,11-7-3)12-8-4;7-3(8)1-6(13,5(11)12)2-4(9)10/h5-12H2,1-4H3;13H,1-2H2,(H,7,8)(H,9,10)(H,11,12)/q+1;/p-1. The zero-order valence-electron chi connectivity index (χ0n) is 16.5. The summed E-state index contributed by atoms with van der Waals surface area (Å²) in [7, 11) is 0. The summed E-state index contributed by atoms with van der Waals surface area (Å²) in [5.74, 6) is -5.35. The summed E-state index contributed by atoms with van der Waals surface area (Å²) in [6.45, 7) is 14.8. The lowest BCUT2D eigenvalue weighted by Gasteiger charge is -2.38. The maximum Gasteiger partial charge on any atom is 0.306 e. The van der Waals surface area contributed by atoms with Crippen LogP contribution in [0, 0.1) is 0 Å². The highest BCUT2D eigenvalue weighted by molar-refractivity contribution is 5.86. The minimum absolute atomic E-state index is 1.21. The fourth-order valence-corrected chi connectivity index (χ4v) is 3.28. The highest BCUT2D eigenvalue weighted by Crippen LogP contribution is 2.14. The molecule has 0 saturated carbocycles. The largest absolute Gasteiger partial charge is 0.547 e. The molecule has 0 radical (unpaired) electrons. The third kappa shape index (κ3) is 11.0. The zero-order valence-corrected chi connectivity index (χ0v) is 16.5. The van der Waals surface area contributed by atoms with Gasteiger partial charge < -0.3 is 29.7 Å². The van der Waals surface area contributed by atoms with E-state index in [1.54, 1.807) is 0 Å². The molecule has 8 nitrogen and oxygen atoms in total. The molecule has 0 aliphatic rings. The summed E-state index contributed by atoms with van der Waals surface area (Å²) in [5.41, 5.74) is -2.85. The fourth-order valence-electron chi connectivity index (χ4n) is 3.28. The average molecular weight is 377 g/mol. The molecule has 0 atom stereocenters. The van der Waals surface area contributed by atoms with Gasteiger partial charge in [-0.1, -0.05) is 27.7 Å². The number of carboxylic acids is 3. The molecule has 0 aromatic heterocycles. The van der Waals surface area contributed by atoms with Crippen LogP contribution < -0.4 is 5.11 Å². The van der Waals surface area contributed by atoms with Gasteiger partial charge in [-0.05, 0) is 25.7 Å². The lowest BCUT2D eigenvalue weighted by Crippen LogP contribution is -2.51. The molecular weight excluding hydrogens is 342 g/mol. The van der Waals surface area contributed by atoms with Gasteiger partial charge in [0.15, 0.2) is 0 Å². The first-order valence-corrected chi connectivity index (χ1v) is 9.24. The molecule has 0 aliphatic heterocycles. The van der Waals surface area contributed by atoms with Gasteiger partial charge >= 0.3 is 11.9 Å². The van der Waals surface area contributed by atoms with Crippen molar-refractivity contribution in [1.29, 1.82) is 0 Å². The Bertz CT molecular complexity index is 392. The van der Waals surface area contributed by atoms with Gasteiger partial charge in [-0.25, -0.2) is 0 Å². The maximum atomic E-state index is 10.2. The Labute approximate surface area is 156 Å². The van der Waals surface area contributed by atoms with E-state index in [1.165, 1.54) is 56.3 Å². The lowest BCUT2D eigenvalue weighted by atomic mass is 9.96. The van der Waals surface area contributed by atoms with Crippen LogP contribution >= 0.6 is 0 Å². The Morgan fingerprint density at radius 2 is 1.04 bits per heavy atom. The first kappa shape index (κ1) is 26.6. The van der Waals surface area contributed by atoms with Gasteiger partial charge in [0.2, 0.25) is 0 Å². The van der Waals surface area contributed by atoms with E-state index in [9.17, 15) is 19.5 Å². The van der Waals surface area contributed by atoms with Crippen molar-refractivity contribution in [2.75, 3.05) is 26.2 Å². The van der Waals surface area contributed by atoms with E-state index in [0.717, 1.165) is 0 Å². The van der Waals surface area contributed by atoms with Gasteiger partial charge in [-0.3, -0.25) is 9.59 Å². The third-order valence-corrected chi connectivity index (χ3v) is 4.06. The first-order valence-electron chi connectivity index (χ1n) is 9.24. The summed E-state index contributed by atoms with van der Waals surface area (Å²) in [6, 6.07) is 0. The molecule has 0 heterocycles. The lowest BCUT2D eigenvalue weighted by molar-refractivity contribution is -0.928. The van der Waals surface area contributed by atoms with Gasteiger partial charge in [-0.15, -0.1) is 0 Å². The normalized spacial score (nSPS) is 11.4. The van der Waals surface area contributed by atoms with Crippen molar-refractivity contribution >= 4 is 17.9 Å². The minimum Gasteiger partial charge on any atom is -0.547 e. The molecule has 3 N–H and O–H groups in total. The summed E-state index contributed by atoms with van der Waals surface area (Å²) in [6.07, 6.45) is 2.92. The molecule has 154 valence electrons. The molecule has 0 rings (SSSR count). The molecule has 0 aromatic carbocycles. The molecular formula is C18H35NO7. The predicted octanol–water partition coefficient (Wildman–Crippen LogP) is 0.860. The molecule has 0 bridgehead atoms. The first-order chi connectivity index (χ1) is 12.0. The Balaban J connectivity index is 0. The van der Waals surface area contributed by atoms with Crippen LogP contribution in [0.5, 0.6) is 0 Å². The van der Waals surface area contributed by atoms with E-state index >= 15 is 0 Å². The topological polar surface area (TPSA) is 135 Å². The van der Waals surface area contributed by atoms with E-state index in [1.807, 2.05) is 0 Å². The van der Waals surface area contributed by atoms with E-state index < -0.39 is 36.4 Å². The summed E-state index contributed by atoms with van der Waals surface area (Å²) >= 11 is 0. The summed E-state index contributed by atoms with van der Waals surface area (Å²) in [5, 5.41) is 35.5. The number of carbonyl (C=O) groups is 3. The van der Waals surface area contributed by atoms with Gasteiger partial charge in [0.05, 0.1) is 45.0 Å². The Kier molecular flexibility index (Phi) is 13.8. The van der Waals surface area contributed by atoms with Crippen molar-refractivity contribution in [2.45, 2.75) is 71.8 Å². The number of carbonyl (C=O) groups excluding carboxylic acids is 1. The third-order valence-electron chi connectivity index (χ3n) is 4.06. The van der Waals surface area contributed by atoms with E-state index in [-0.39, 0.29) is 0 Å². The second-order valence-corrected chi connectivity index (χ2v) is 6.70. The minimum atomic E-state index is -2.85. The second kappa shape index (κ2) is 13.5. The van der Waals surface area contributed by atoms with Crippen molar-refractivity contribution in [3.05, 3.63) is 0 Å². The monoisotopic (exact) mass is 377 g/mol. The van der Waals surface area contributed by atoms with Crippen LogP contribution in [0.15, 0.2) is 0 Å². The van der Waals surface area contributed by atoms with Gasteiger partial charge in [0.25, 0.3) is 0 Å². The van der Waals surface area contributed by atoms with Crippen LogP contribution in [-0.4, -0.2) is 69.5 Å². The summed E-state index contributed by atoms with van der Waals surface area (Å²) < 4.78 is 1.38. The molecule has 0 aliphatic carbocycles. The Morgan fingerprint density at radius 1 is 0.769 bits per heavy atom. The number of rotatable bonds is 13. The molecule has 8 heteroatoms. The van der Waals surface area contributed by atoms with E-state index in [2.05, 4.69) is 27.7 Å². The highest BCUT2D eigenvalue weighted by Gasteiger charge is 2.34. The van der Waals surface area contributed by atoms with Crippen LogP contribution in [0.1, 0.15) is 66.2 Å². The Hall–Kier alpha value is -1.67. The van der Waals surface area contributed by atoms with Crippen molar-refractivity contribution in [3.63, 3.8) is 0 Å². The summed E-state index contributed by atoms with van der Waals surface area (Å²) in [4.78, 5) is 30.3. The number of quaternary nitrogens is 1. The van der Waals surface area contributed by atoms with Gasteiger partial charge in [-0.2, -0.15) is 0 Å². The number of carboxylic acid groups (broad SMARTS) is 3. The van der Waals surface area contributed by atoms with Crippen LogP contribution in [0.2, 0.25) is 0 Å². The second-order valence-electron chi connectivity index (χ2n) is 6.70. The number of nitrogens with zero attached hydrogens (tertiary/aromatic N) is 1. The molecule has 0 fully saturated rings. The molecule has 0 unspecified atom stereocenters. The molecule has 26 heavy (non-hydrogen) atoms. The van der Waals surface area contributed by atoms with Crippen molar-refractivity contribution in [2.24, 2.45) is 0 Å². The smallest absolute Gasteiger partial charge is 0.306 e. The number of hydrogen-bond acceptors (Lipinski definition) is 5. The molecule has 0 aromatic rings.